The van der Waals surface area contributed by atoms with Crippen LogP contribution in [0.15, 0.2) is 0 Å². The number of hydrogen-bond acceptors (Lipinski definition) is 3. The summed E-state index contributed by atoms with van der Waals surface area (Å²) < 4.78 is 35.6. The van der Waals surface area contributed by atoms with E-state index in [4.69, 9.17) is 5.73 Å². The number of amides is 1. The number of aryl methyl sites for hydroxylation is 1. The number of carbonyl (C=O) groups excluding carboxylic acids is 1. The van der Waals surface area contributed by atoms with Gasteiger partial charge in [-0.3, -0.25) is 9.89 Å². The third kappa shape index (κ3) is 4.27. The first-order chi connectivity index (χ1) is 8.31. The molecule has 0 aliphatic heterocycles. The SMILES string of the molecule is Cc1[nH]nc(N)c1C(=O)NCCCCC(F)(F)F. The summed E-state index contributed by atoms with van der Waals surface area (Å²) in [5.41, 5.74) is 6.25. The number of alkyl halides is 3. The van der Waals surface area contributed by atoms with Crippen molar-refractivity contribution < 1.29 is 18.0 Å². The van der Waals surface area contributed by atoms with Gasteiger partial charge in [-0.2, -0.15) is 18.3 Å². The van der Waals surface area contributed by atoms with Gasteiger partial charge >= 0.3 is 6.18 Å². The summed E-state index contributed by atoms with van der Waals surface area (Å²) in [5, 5.41) is 8.72. The first-order valence-electron chi connectivity index (χ1n) is 5.46. The van der Waals surface area contributed by atoms with Gasteiger partial charge in [-0.15, -0.1) is 0 Å². The van der Waals surface area contributed by atoms with Crippen molar-refractivity contribution in [1.82, 2.24) is 15.5 Å². The minimum Gasteiger partial charge on any atom is -0.382 e. The van der Waals surface area contributed by atoms with Crippen molar-refractivity contribution in [3.05, 3.63) is 11.3 Å². The van der Waals surface area contributed by atoms with Crippen LogP contribution in [0.4, 0.5) is 19.0 Å². The molecule has 0 aliphatic carbocycles. The van der Waals surface area contributed by atoms with Crippen molar-refractivity contribution in [2.75, 3.05) is 12.3 Å². The molecule has 8 heteroatoms. The molecule has 0 atom stereocenters. The third-order valence-electron chi connectivity index (χ3n) is 2.37. The standard InChI is InChI=1S/C10H15F3N4O/c1-6-7(8(14)17-16-6)9(18)15-5-3-2-4-10(11,12)13/h2-5H2,1H3,(H,15,18)(H3,14,16,17). The average Bonchev–Trinajstić information content (AvgIpc) is 2.56. The molecular weight excluding hydrogens is 249 g/mol. The second-order valence-electron chi connectivity index (χ2n) is 3.94. The number of rotatable bonds is 5. The molecule has 5 nitrogen and oxygen atoms in total. The summed E-state index contributed by atoms with van der Waals surface area (Å²) in [4.78, 5) is 11.6. The first-order valence-corrected chi connectivity index (χ1v) is 5.46. The van der Waals surface area contributed by atoms with Crippen LogP contribution in [0.1, 0.15) is 35.3 Å². The molecule has 0 unspecified atom stereocenters. The molecule has 0 spiro atoms. The van der Waals surface area contributed by atoms with Gasteiger partial charge in [-0.05, 0) is 19.8 Å². The van der Waals surface area contributed by atoms with Crippen LogP contribution in [-0.4, -0.2) is 28.8 Å². The number of anilines is 1. The molecule has 1 aromatic rings. The molecule has 0 aliphatic rings. The van der Waals surface area contributed by atoms with E-state index in [1.165, 1.54) is 0 Å². The summed E-state index contributed by atoms with van der Waals surface area (Å²) >= 11 is 0. The minimum absolute atomic E-state index is 0.0103. The highest BCUT2D eigenvalue weighted by Crippen LogP contribution is 2.21. The van der Waals surface area contributed by atoms with Gasteiger partial charge in [0.05, 0.1) is 0 Å². The Kier molecular flexibility index (Phi) is 4.57. The molecule has 1 aromatic heterocycles. The highest BCUT2D eigenvalue weighted by molar-refractivity contribution is 5.99. The minimum atomic E-state index is -4.14. The van der Waals surface area contributed by atoms with Crippen LogP contribution in [0, 0.1) is 6.92 Å². The van der Waals surface area contributed by atoms with Crippen molar-refractivity contribution in [2.24, 2.45) is 0 Å². The summed E-state index contributed by atoms with van der Waals surface area (Å²) in [6.45, 7) is 1.82. The Balaban J connectivity index is 2.31. The van der Waals surface area contributed by atoms with Crippen molar-refractivity contribution in [3.8, 4) is 0 Å². The zero-order valence-electron chi connectivity index (χ0n) is 9.90. The largest absolute Gasteiger partial charge is 0.389 e. The van der Waals surface area contributed by atoms with E-state index >= 15 is 0 Å². The van der Waals surface area contributed by atoms with Crippen molar-refractivity contribution in [3.63, 3.8) is 0 Å². The second-order valence-corrected chi connectivity index (χ2v) is 3.94. The molecule has 0 fully saturated rings. The number of aromatic nitrogens is 2. The van der Waals surface area contributed by atoms with Crippen LogP contribution >= 0.6 is 0 Å². The van der Waals surface area contributed by atoms with Gasteiger partial charge in [-0.1, -0.05) is 0 Å². The Morgan fingerprint density at radius 2 is 2.11 bits per heavy atom. The molecular formula is C10H15F3N4O. The van der Waals surface area contributed by atoms with Crippen LogP contribution in [0.2, 0.25) is 0 Å². The van der Waals surface area contributed by atoms with Gasteiger partial charge in [0, 0.05) is 18.7 Å². The van der Waals surface area contributed by atoms with E-state index in [0.29, 0.717) is 5.69 Å². The van der Waals surface area contributed by atoms with Crippen LogP contribution in [0.3, 0.4) is 0 Å². The number of nitrogens with zero attached hydrogens (tertiary/aromatic N) is 1. The number of nitrogens with one attached hydrogen (secondary N) is 2. The predicted octanol–water partition coefficient (Wildman–Crippen LogP) is 1.76. The predicted molar refractivity (Wildman–Crippen MR) is 60.0 cm³/mol. The number of halogens is 3. The van der Waals surface area contributed by atoms with Gasteiger partial charge in [0.25, 0.3) is 5.91 Å². The maximum atomic E-state index is 11.9. The molecule has 18 heavy (non-hydrogen) atoms. The molecule has 0 aromatic carbocycles. The Morgan fingerprint density at radius 1 is 1.44 bits per heavy atom. The highest BCUT2D eigenvalue weighted by atomic mass is 19.4. The molecule has 4 N–H and O–H groups in total. The lowest BCUT2D eigenvalue weighted by Crippen LogP contribution is -2.25. The number of unbranched alkanes of at least 4 members (excludes halogenated alkanes) is 1. The lowest BCUT2D eigenvalue weighted by molar-refractivity contribution is -0.135. The van der Waals surface area contributed by atoms with Gasteiger partial charge in [0.2, 0.25) is 0 Å². The second kappa shape index (κ2) is 5.74. The molecule has 1 heterocycles. The normalized spacial score (nSPS) is 11.6. The Labute approximate surface area is 102 Å². The Morgan fingerprint density at radius 3 is 2.61 bits per heavy atom. The number of nitrogens with two attached hydrogens (primary N) is 1. The van der Waals surface area contributed by atoms with E-state index in [2.05, 4.69) is 15.5 Å². The lowest BCUT2D eigenvalue weighted by Gasteiger charge is -2.07. The molecule has 0 bridgehead atoms. The summed E-state index contributed by atoms with van der Waals surface area (Å²) in [5.74, 6) is -0.342. The zero-order chi connectivity index (χ0) is 13.8. The van der Waals surface area contributed by atoms with Gasteiger partial charge in [0.15, 0.2) is 5.82 Å². The maximum absolute atomic E-state index is 11.9. The van der Waals surface area contributed by atoms with E-state index in [-0.39, 0.29) is 30.8 Å². The van der Waals surface area contributed by atoms with Crippen molar-refractivity contribution >= 4 is 11.7 Å². The maximum Gasteiger partial charge on any atom is 0.389 e. The molecule has 102 valence electrons. The smallest absolute Gasteiger partial charge is 0.382 e. The highest BCUT2D eigenvalue weighted by Gasteiger charge is 2.25. The fourth-order valence-electron chi connectivity index (χ4n) is 1.48. The van der Waals surface area contributed by atoms with Gasteiger partial charge < -0.3 is 11.1 Å². The van der Waals surface area contributed by atoms with Crippen LogP contribution in [-0.2, 0) is 0 Å². The molecule has 0 saturated heterocycles. The summed E-state index contributed by atoms with van der Waals surface area (Å²) in [7, 11) is 0. The van der Waals surface area contributed by atoms with Gasteiger partial charge in [0.1, 0.15) is 5.56 Å². The Hall–Kier alpha value is -1.73. The topological polar surface area (TPSA) is 83.8 Å². The van der Waals surface area contributed by atoms with E-state index in [1.807, 2.05) is 0 Å². The van der Waals surface area contributed by atoms with Crippen molar-refractivity contribution in [2.45, 2.75) is 32.4 Å². The number of nitrogen functional groups attached to an aromatic ring is 1. The van der Waals surface area contributed by atoms with E-state index < -0.39 is 18.5 Å². The molecule has 1 amide bonds. The van der Waals surface area contributed by atoms with Crippen molar-refractivity contribution in [1.29, 1.82) is 0 Å². The number of carbonyl (C=O) groups is 1. The fourth-order valence-corrected chi connectivity index (χ4v) is 1.48. The van der Waals surface area contributed by atoms with Crippen LogP contribution in [0.25, 0.3) is 0 Å². The monoisotopic (exact) mass is 264 g/mol. The van der Waals surface area contributed by atoms with Crippen LogP contribution < -0.4 is 11.1 Å². The first kappa shape index (κ1) is 14.3. The average molecular weight is 264 g/mol. The number of hydrogen-bond donors (Lipinski definition) is 3. The van der Waals surface area contributed by atoms with E-state index in [1.54, 1.807) is 6.92 Å². The molecule has 0 saturated carbocycles. The summed E-state index contributed by atoms with van der Waals surface area (Å²) in [6, 6.07) is 0. The van der Waals surface area contributed by atoms with E-state index in [0.717, 1.165) is 0 Å². The van der Waals surface area contributed by atoms with E-state index in [9.17, 15) is 18.0 Å². The Bertz CT molecular complexity index is 394. The number of aromatic amines is 1. The fraction of sp³-hybridized carbons (Fsp3) is 0.600. The third-order valence-corrected chi connectivity index (χ3v) is 2.37. The number of H-pyrrole nitrogens is 1. The zero-order valence-corrected chi connectivity index (χ0v) is 9.90. The molecule has 1 rings (SSSR count). The molecule has 0 radical (unpaired) electrons. The van der Waals surface area contributed by atoms with Crippen LogP contribution in [0.5, 0.6) is 0 Å². The quantitative estimate of drug-likeness (QED) is 0.708. The lowest BCUT2D eigenvalue weighted by atomic mass is 10.2. The summed E-state index contributed by atoms with van der Waals surface area (Å²) in [6.07, 6.45) is -4.73. The van der Waals surface area contributed by atoms with Gasteiger partial charge in [-0.25, -0.2) is 0 Å².